The third kappa shape index (κ3) is 3.22. The molecule has 0 bridgehead atoms. The molecular weight excluding hydrogens is 352 g/mol. The summed E-state index contributed by atoms with van der Waals surface area (Å²) in [5.41, 5.74) is 1.07. The minimum Gasteiger partial charge on any atom is -0.460 e. The van der Waals surface area contributed by atoms with E-state index in [1.807, 2.05) is 30.3 Å². The van der Waals surface area contributed by atoms with Crippen LogP contribution in [0.15, 0.2) is 66.7 Å². The molecule has 5 heteroatoms. The zero-order chi connectivity index (χ0) is 19.7. The molecule has 2 amide bonds. The number of carbonyl (C=O) groups is 2. The highest BCUT2D eigenvalue weighted by atomic mass is 16.5. The van der Waals surface area contributed by atoms with Gasteiger partial charge >= 0.3 is 12.0 Å². The third-order valence-corrected chi connectivity index (χ3v) is 4.73. The Morgan fingerprint density at radius 1 is 0.964 bits per heavy atom. The second-order valence-electron chi connectivity index (χ2n) is 6.77. The Hall–Kier alpha value is -3.60. The summed E-state index contributed by atoms with van der Waals surface area (Å²) in [6.45, 7) is 5.41. The van der Waals surface area contributed by atoms with Gasteiger partial charge in [0.2, 0.25) is 0 Å². The largest absolute Gasteiger partial charge is 0.460 e. The zero-order valence-electron chi connectivity index (χ0n) is 15.5. The first-order valence-electron chi connectivity index (χ1n) is 9.08. The lowest BCUT2D eigenvalue weighted by molar-refractivity contribution is -0.138. The Labute approximate surface area is 162 Å². The first-order chi connectivity index (χ1) is 13.5. The number of amides is 2. The number of hydrogen-bond donors (Lipinski definition) is 2. The number of ether oxygens (including phenoxy) is 1. The molecule has 2 N–H and O–H groups in total. The van der Waals surface area contributed by atoms with Crippen LogP contribution in [0, 0.1) is 0 Å². The van der Waals surface area contributed by atoms with Gasteiger partial charge in [0.15, 0.2) is 0 Å². The molecular formula is C23H20N2O3. The van der Waals surface area contributed by atoms with Crippen molar-refractivity contribution in [3.05, 3.63) is 66.7 Å². The van der Waals surface area contributed by atoms with Gasteiger partial charge in [-0.3, -0.25) is 0 Å². The van der Waals surface area contributed by atoms with Crippen LogP contribution in [0.5, 0.6) is 0 Å². The van der Waals surface area contributed by atoms with E-state index in [9.17, 15) is 9.59 Å². The van der Waals surface area contributed by atoms with Crippen molar-refractivity contribution in [2.75, 3.05) is 18.5 Å². The van der Waals surface area contributed by atoms with Crippen molar-refractivity contribution in [1.82, 2.24) is 5.32 Å². The Morgan fingerprint density at radius 3 is 2.39 bits per heavy atom. The summed E-state index contributed by atoms with van der Waals surface area (Å²) >= 11 is 0. The van der Waals surface area contributed by atoms with Crippen LogP contribution in [-0.4, -0.2) is 25.2 Å². The Morgan fingerprint density at radius 2 is 1.64 bits per heavy atom. The van der Waals surface area contributed by atoms with Crippen molar-refractivity contribution < 1.29 is 14.3 Å². The topological polar surface area (TPSA) is 67.4 Å². The monoisotopic (exact) mass is 372 g/mol. The maximum atomic E-state index is 12.3. The maximum Gasteiger partial charge on any atom is 0.333 e. The van der Waals surface area contributed by atoms with Gasteiger partial charge in [-0.1, -0.05) is 55.1 Å². The van der Waals surface area contributed by atoms with E-state index in [1.165, 1.54) is 10.8 Å². The molecule has 4 aromatic carbocycles. The highest BCUT2D eigenvalue weighted by Gasteiger charge is 2.13. The van der Waals surface area contributed by atoms with E-state index >= 15 is 0 Å². The molecule has 0 aliphatic rings. The van der Waals surface area contributed by atoms with Crippen molar-refractivity contribution in [2.45, 2.75) is 6.92 Å². The van der Waals surface area contributed by atoms with Crippen molar-refractivity contribution in [3.63, 3.8) is 0 Å². The number of anilines is 1. The molecule has 5 nitrogen and oxygen atoms in total. The van der Waals surface area contributed by atoms with E-state index in [4.69, 9.17) is 4.74 Å². The second-order valence-corrected chi connectivity index (χ2v) is 6.77. The van der Waals surface area contributed by atoms with E-state index in [-0.39, 0.29) is 19.2 Å². The molecule has 140 valence electrons. The summed E-state index contributed by atoms with van der Waals surface area (Å²) in [7, 11) is 0. The number of rotatable bonds is 5. The number of carbonyl (C=O) groups excluding carboxylic acids is 2. The summed E-state index contributed by atoms with van der Waals surface area (Å²) in [5, 5.41) is 12.4. The SMILES string of the molecule is C=C(C)C(=O)OCCNC(=O)Nc1cc2cccc3ccc4cccc1c4c32. The molecule has 0 aliphatic carbocycles. The molecule has 0 spiro atoms. The van der Waals surface area contributed by atoms with Crippen LogP contribution < -0.4 is 10.6 Å². The predicted molar refractivity (Wildman–Crippen MR) is 113 cm³/mol. The molecule has 0 aromatic heterocycles. The summed E-state index contributed by atoms with van der Waals surface area (Å²) in [4.78, 5) is 23.7. The Kier molecular flexibility index (Phi) is 4.57. The molecule has 0 aliphatic heterocycles. The van der Waals surface area contributed by atoms with Gasteiger partial charge in [-0.15, -0.1) is 0 Å². The minimum atomic E-state index is -0.464. The molecule has 28 heavy (non-hydrogen) atoms. The van der Waals surface area contributed by atoms with Crippen LogP contribution in [0.4, 0.5) is 10.5 Å². The smallest absolute Gasteiger partial charge is 0.333 e. The van der Waals surface area contributed by atoms with E-state index in [0.717, 1.165) is 27.2 Å². The van der Waals surface area contributed by atoms with Crippen molar-refractivity contribution >= 4 is 50.0 Å². The van der Waals surface area contributed by atoms with Gasteiger partial charge in [-0.05, 0) is 39.9 Å². The van der Waals surface area contributed by atoms with Crippen LogP contribution in [0.3, 0.4) is 0 Å². The lowest BCUT2D eigenvalue weighted by atomic mass is 9.93. The van der Waals surface area contributed by atoms with Crippen molar-refractivity contribution in [2.24, 2.45) is 0 Å². The second kappa shape index (κ2) is 7.19. The minimum absolute atomic E-state index is 0.0931. The van der Waals surface area contributed by atoms with Gasteiger partial charge < -0.3 is 15.4 Å². The van der Waals surface area contributed by atoms with Crippen LogP contribution in [0.25, 0.3) is 32.3 Å². The fourth-order valence-electron chi connectivity index (χ4n) is 3.46. The van der Waals surface area contributed by atoms with Crippen LogP contribution >= 0.6 is 0 Å². The molecule has 4 rings (SSSR count). The van der Waals surface area contributed by atoms with Gasteiger partial charge in [0, 0.05) is 11.0 Å². The van der Waals surface area contributed by atoms with Gasteiger partial charge in [-0.25, -0.2) is 9.59 Å². The van der Waals surface area contributed by atoms with E-state index in [1.54, 1.807) is 6.92 Å². The lowest BCUT2D eigenvalue weighted by Crippen LogP contribution is -2.32. The highest BCUT2D eigenvalue weighted by molar-refractivity contribution is 6.26. The Bertz CT molecular complexity index is 1210. The molecule has 0 fully saturated rings. The molecule has 0 saturated heterocycles. The molecule has 0 saturated carbocycles. The van der Waals surface area contributed by atoms with Crippen LogP contribution in [-0.2, 0) is 9.53 Å². The van der Waals surface area contributed by atoms with Crippen molar-refractivity contribution in [3.8, 4) is 0 Å². The molecule has 0 radical (unpaired) electrons. The lowest BCUT2D eigenvalue weighted by Gasteiger charge is -2.15. The average molecular weight is 372 g/mol. The number of esters is 1. The number of nitrogens with one attached hydrogen (secondary N) is 2. The fourth-order valence-corrected chi connectivity index (χ4v) is 3.46. The van der Waals surface area contributed by atoms with Gasteiger partial charge in [-0.2, -0.15) is 0 Å². The van der Waals surface area contributed by atoms with Gasteiger partial charge in [0.05, 0.1) is 12.2 Å². The maximum absolute atomic E-state index is 12.3. The quantitative estimate of drug-likeness (QED) is 0.228. The van der Waals surface area contributed by atoms with Crippen molar-refractivity contribution in [1.29, 1.82) is 0 Å². The number of urea groups is 1. The molecule has 0 atom stereocenters. The molecule has 0 heterocycles. The summed E-state index contributed by atoms with van der Waals surface area (Å²) in [6.07, 6.45) is 0. The summed E-state index contributed by atoms with van der Waals surface area (Å²) in [6, 6.07) is 18.1. The molecule has 4 aromatic rings. The number of hydrogen-bond acceptors (Lipinski definition) is 3. The first kappa shape index (κ1) is 17.8. The van der Waals surface area contributed by atoms with E-state index in [2.05, 4.69) is 41.5 Å². The van der Waals surface area contributed by atoms with Gasteiger partial charge in [0.1, 0.15) is 6.61 Å². The first-order valence-corrected chi connectivity index (χ1v) is 9.08. The van der Waals surface area contributed by atoms with E-state index in [0.29, 0.717) is 5.57 Å². The van der Waals surface area contributed by atoms with Gasteiger partial charge in [0.25, 0.3) is 0 Å². The fraction of sp³-hybridized carbons (Fsp3) is 0.130. The number of benzene rings is 4. The van der Waals surface area contributed by atoms with Crippen LogP contribution in [0.2, 0.25) is 0 Å². The third-order valence-electron chi connectivity index (χ3n) is 4.73. The highest BCUT2D eigenvalue weighted by Crippen LogP contribution is 2.38. The Balaban J connectivity index is 1.58. The normalized spacial score (nSPS) is 11.0. The van der Waals surface area contributed by atoms with E-state index < -0.39 is 5.97 Å². The van der Waals surface area contributed by atoms with Crippen LogP contribution in [0.1, 0.15) is 6.92 Å². The summed E-state index contributed by atoms with van der Waals surface area (Å²) < 4.78 is 4.98. The average Bonchev–Trinajstić information content (AvgIpc) is 2.69. The molecule has 0 unspecified atom stereocenters. The standard InChI is InChI=1S/C23H20N2O3/c1-14(2)22(26)28-12-11-24-23(27)25-19-13-17-7-3-5-15-9-10-16-6-4-8-18(19)21(16)20(15)17/h3-10,13H,1,11-12H2,2H3,(H2,24,25,27). The predicted octanol–water partition coefficient (Wildman–Crippen LogP) is 4.82. The zero-order valence-corrected chi connectivity index (χ0v) is 15.5. The summed E-state index contributed by atoms with van der Waals surface area (Å²) in [5.74, 6) is -0.464.